The fourth-order valence-corrected chi connectivity index (χ4v) is 5.35. The second-order valence-corrected chi connectivity index (χ2v) is 11.3. The zero-order chi connectivity index (χ0) is 32.2. The minimum Gasteiger partial charge on any atom is -0.455 e. The van der Waals surface area contributed by atoms with Crippen LogP contribution in [0.3, 0.4) is 0 Å². The SMILES string of the molecule is CN1CCN(c2ccc(C(N)=O)c(Oc3cnc4[nH]ccc4c3)c2)CC1.CO.ONc1cc(S)ccc1NCC1CCOCC1. The van der Waals surface area contributed by atoms with Gasteiger partial charge in [0.1, 0.15) is 17.1 Å². The largest absolute Gasteiger partial charge is 0.455 e. The highest BCUT2D eigenvalue weighted by Gasteiger charge is 2.18. The molecule has 4 heterocycles. The van der Waals surface area contributed by atoms with Crippen LogP contribution in [0.1, 0.15) is 23.2 Å². The average molecular weight is 638 g/mol. The molecule has 0 atom stereocenters. The lowest BCUT2D eigenvalue weighted by atomic mass is 10.0. The molecule has 0 unspecified atom stereocenters. The number of likely N-dealkylation sites (N-methyl/N-ethyl adjacent to an activating group) is 1. The van der Waals surface area contributed by atoms with Crippen LogP contribution >= 0.6 is 12.6 Å². The van der Waals surface area contributed by atoms with E-state index in [1.807, 2.05) is 42.6 Å². The minimum absolute atomic E-state index is 0.358. The van der Waals surface area contributed by atoms with E-state index in [1.165, 1.54) is 0 Å². The summed E-state index contributed by atoms with van der Waals surface area (Å²) >= 11 is 4.23. The number of hydrogen-bond acceptors (Lipinski definition) is 11. The van der Waals surface area contributed by atoms with Gasteiger partial charge in [0, 0.05) is 81.3 Å². The van der Waals surface area contributed by atoms with Crippen LogP contribution < -0.4 is 26.2 Å². The number of nitrogens with two attached hydrogens (primary N) is 1. The lowest BCUT2D eigenvalue weighted by Crippen LogP contribution is -2.44. The van der Waals surface area contributed by atoms with Crippen LogP contribution in [-0.2, 0) is 4.74 Å². The zero-order valence-corrected chi connectivity index (χ0v) is 26.6. The van der Waals surface area contributed by atoms with E-state index in [2.05, 4.69) is 50.2 Å². The summed E-state index contributed by atoms with van der Waals surface area (Å²) < 4.78 is 11.3. The summed E-state index contributed by atoms with van der Waals surface area (Å²) in [5.41, 5.74) is 11.4. The van der Waals surface area contributed by atoms with Crippen LogP contribution in [0.4, 0.5) is 17.1 Å². The summed E-state index contributed by atoms with van der Waals surface area (Å²) in [7, 11) is 3.12. The molecule has 13 heteroatoms. The molecule has 2 aromatic heterocycles. The summed E-state index contributed by atoms with van der Waals surface area (Å²) in [6.45, 7) is 6.49. The van der Waals surface area contributed by atoms with E-state index < -0.39 is 5.91 Å². The summed E-state index contributed by atoms with van der Waals surface area (Å²) in [6, 6.07) is 14.9. The maximum Gasteiger partial charge on any atom is 0.252 e. The Bertz CT molecular complexity index is 1520. The summed E-state index contributed by atoms with van der Waals surface area (Å²) in [4.78, 5) is 24.6. The van der Waals surface area contributed by atoms with Crippen molar-refractivity contribution in [2.45, 2.75) is 17.7 Å². The molecule has 45 heavy (non-hydrogen) atoms. The van der Waals surface area contributed by atoms with Gasteiger partial charge in [-0.25, -0.2) is 4.98 Å². The lowest BCUT2D eigenvalue weighted by Gasteiger charge is -2.34. The Morgan fingerprint density at radius 1 is 1.09 bits per heavy atom. The molecule has 2 fully saturated rings. The third-order valence-electron chi connectivity index (χ3n) is 7.75. The number of carbonyl (C=O) groups is 1. The molecule has 0 aliphatic carbocycles. The predicted molar refractivity (Wildman–Crippen MR) is 180 cm³/mol. The van der Waals surface area contributed by atoms with Gasteiger partial charge in [-0.1, -0.05) is 0 Å². The molecule has 0 spiro atoms. The number of aromatic amines is 1. The number of aliphatic hydroxyl groups is 1. The number of piperazine rings is 1. The van der Waals surface area contributed by atoms with Gasteiger partial charge in [0.15, 0.2) is 0 Å². The van der Waals surface area contributed by atoms with E-state index in [4.69, 9.17) is 25.5 Å². The number of anilines is 3. The number of ether oxygens (including phenoxy) is 2. The van der Waals surface area contributed by atoms with Gasteiger partial charge in [-0.15, -0.1) is 12.6 Å². The predicted octanol–water partition coefficient (Wildman–Crippen LogP) is 4.43. The number of primary amides is 1. The molecule has 6 rings (SSSR count). The maximum absolute atomic E-state index is 11.8. The summed E-state index contributed by atoms with van der Waals surface area (Å²) in [5.74, 6) is 1.15. The number of H-pyrrole nitrogens is 1. The van der Waals surface area contributed by atoms with Crippen LogP contribution in [0.25, 0.3) is 11.0 Å². The lowest BCUT2D eigenvalue weighted by molar-refractivity contribution is 0.0699. The number of hydrogen-bond donors (Lipinski definition) is 7. The minimum atomic E-state index is -0.513. The molecule has 0 radical (unpaired) electrons. The molecule has 242 valence electrons. The monoisotopic (exact) mass is 637 g/mol. The molecule has 1 amide bonds. The van der Waals surface area contributed by atoms with E-state index >= 15 is 0 Å². The Morgan fingerprint density at radius 3 is 2.56 bits per heavy atom. The highest BCUT2D eigenvalue weighted by atomic mass is 32.1. The van der Waals surface area contributed by atoms with Crippen molar-refractivity contribution >= 4 is 46.6 Å². The van der Waals surface area contributed by atoms with Gasteiger partial charge in [0.05, 0.1) is 23.1 Å². The van der Waals surface area contributed by atoms with Gasteiger partial charge in [0.25, 0.3) is 5.91 Å². The van der Waals surface area contributed by atoms with Gasteiger partial charge < -0.3 is 40.4 Å². The maximum atomic E-state index is 11.8. The van der Waals surface area contributed by atoms with E-state index in [-0.39, 0.29) is 0 Å². The second-order valence-electron chi connectivity index (χ2n) is 10.8. The van der Waals surface area contributed by atoms with E-state index in [0.717, 1.165) is 93.2 Å². The number of pyridine rings is 1. The van der Waals surface area contributed by atoms with Crippen LogP contribution in [0.2, 0.25) is 0 Å². The number of amides is 1. The standard InChI is InChI=1S/C19H21N5O2.C12H18N2O2S.CH4O/c1-23-6-8-24(9-7-23)14-2-3-16(18(20)25)17(11-14)26-15-10-13-4-5-21-19(13)22-12-15;15-14-12-7-10(17)1-2-11(12)13-8-9-3-5-16-6-4-9;1-2/h2-5,10-12H,6-9H2,1H3,(H2,20,25)(H,21,22);1-2,7,9,13-15,17H,3-6,8H2;2H,1H3. The summed E-state index contributed by atoms with van der Waals surface area (Å²) in [6.07, 6.45) is 5.65. The normalized spacial score (nSPS) is 15.4. The first-order chi connectivity index (χ1) is 21.9. The molecule has 0 bridgehead atoms. The number of aliphatic hydroxyl groups excluding tert-OH is 1. The Balaban J connectivity index is 0.000000210. The summed E-state index contributed by atoms with van der Waals surface area (Å²) in [5, 5.41) is 20.3. The number of carbonyl (C=O) groups excluding carboxylic acids is 1. The molecule has 2 aliphatic rings. The topological polar surface area (TPSA) is 161 Å². The van der Waals surface area contributed by atoms with Gasteiger partial charge in [-0.3, -0.25) is 15.5 Å². The van der Waals surface area contributed by atoms with Crippen molar-refractivity contribution in [3.63, 3.8) is 0 Å². The number of aromatic nitrogens is 2. The van der Waals surface area contributed by atoms with Gasteiger partial charge in [0.2, 0.25) is 0 Å². The van der Waals surface area contributed by atoms with Crippen molar-refractivity contribution in [2.75, 3.05) is 75.8 Å². The first kappa shape index (κ1) is 33.9. The zero-order valence-electron chi connectivity index (χ0n) is 25.7. The smallest absolute Gasteiger partial charge is 0.252 e. The molecule has 7 N–H and O–H groups in total. The fraction of sp³-hybridized carbons (Fsp3) is 0.375. The number of rotatable bonds is 8. The van der Waals surface area contributed by atoms with Crippen molar-refractivity contribution in [3.8, 4) is 11.5 Å². The first-order valence-electron chi connectivity index (χ1n) is 14.9. The molecular weight excluding hydrogens is 594 g/mol. The van der Waals surface area contributed by atoms with Crippen LogP contribution in [0.5, 0.6) is 11.5 Å². The van der Waals surface area contributed by atoms with Crippen molar-refractivity contribution in [1.29, 1.82) is 0 Å². The molecule has 2 aliphatic heterocycles. The van der Waals surface area contributed by atoms with Crippen molar-refractivity contribution in [2.24, 2.45) is 11.7 Å². The first-order valence-corrected chi connectivity index (χ1v) is 15.3. The van der Waals surface area contributed by atoms with Crippen LogP contribution in [-0.4, -0.2) is 91.2 Å². The Morgan fingerprint density at radius 2 is 1.84 bits per heavy atom. The number of thiol groups is 1. The number of nitrogens with one attached hydrogen (secondary N) is 3. The number of nitrogens with zero attached hydrogens (tertiary/aromatic N) is 3. The Kier molecular flexibility index (Phi) is 12.7. The second kappa shape index (κ2) is 16.9. The van der Waals surface area contributed by atoms with Gasteiger partial charge in [-0.2, -0.15) is 0 Å². The molecule has 12 nitrogen and oxygen atoms in total. The third kappa shape index (κ3) is 9.49. The Hall–Kier alpha value is -4.01. The molecule has 4 aromatic rings. The fourth-order valence-electron chi connectivity index (χ4n) is 5.15. The van der Waals surface area contributed by atoms with Gasteiger partial charge >= 0.3 is 0 Å². The van der Waals surface area contributed by atoms with Crippen molar-refractivity contribution < 1.29 is 24.6 Å². The van der Waals surface area contributed by atoms with Crippen molar-refractivity contribution in [3.05, 3.63) is 66.5 Å². The number of fused-ring (bicyclic) bond motifs is 1. The van der Waals surface area contributed by atoms with Crippen LogP contribution in [0, 0.1) is 5.92 Å². The molecule has 0 saturated carbocycles. The van der Waals surface area contributed by atoms with Gasteiger partial charge in [-0.05, 0) is 68.3 Å². The van der Waals surface area contributed by atoms with Crippen molar-refractivity contribution in [1.82, 2.24) is 14.9 Å². The average Bonchev–Trinajstić information content (AvgIpc) is 3.54. The van der Waals surface area contributed by atoms with Crippen LogP contribution in [0.15, 0.2) is 65.8 Å². The molecule has 2 saturated heterocycles. The van der Waals surface area contributed by atoms with E-state index in [1.54, 1.807) is 18.3 Å². The van der Waals surface area contributed by atoms with E-state index in [0.29, 0.717) is 28.7 Å². The molecular formula is C32H43N7O5S. The quantitative estimate of drug-likeness (QED) is 0.109. The molecule has 2 aromatic carbocycles. The highest BCUT2D eigenvalue weighted by molar-refractivity contribution is 7.80. The van der Waals surface area contributed by atoms with E-state index in [9.17, 15) is 4.79 Å². The Labute approximate surface area is 268 Å². The third-order valence-corrected chi connectivity index (χ3v) is 8.03. The number of benzene rings is 2. The highest BCUT2D eigenvalue weighted by Crippen LogP contribution is 2.31.